The number of likely N-dealkylation sites (tertiary alicyclic amines) is 1. The lowest BCUT2D eigenvalue weighted by molar-refractivity contribution is 0.136. The first-order chi connectivity index (χ1) is 13.2. The van der Waals surface area contributed by atoms with Gasteiger partial charge in [-0.3, -0.25) is 14.3 Å². The van der Waals surface area contributed by atoms with E-state index >= 15 is 0 Å². The highest BCUT2D eigenvalue weighted by atomic mass is 16.3. The molecule has 1 aromatic carbocycles. The van der Waals surface area contributed by atoms with Gasteiger partial charge >= 0.3 is 0 Å². The molecule has 0 spiro atoms. The second-order valence-electron chi connectivity index (χ2n) is 7.31. The van der Waals surface area contributed by atoms with Crippen molar-refractivity contribution in [2.24, 2.45) is 5.73 Å². The molecule has 2 N–H and O–H groups in total. The molecule has 6 heteroatoms. The van der Waals surface area contributed by atoms with Crippen molar-refractivity contribution >= 4 is 11.1 Å². The molecule has 2 unspecified atom stereocenters. The summed E-state index contributed by atoms with van der Waals surface area (Å²) in [7, 11) is 0. The van der Waals surface area contributed by atoms with E-state index in [2.05, 4.69) is 11.8 Å². The molecule has 1 aliphatic rings. The lowest BCUT2D eigenvalue weighted by Crippen LogP contribution is -2.45. The van der Waals surface area contributed by atoms with Gasteiger partial charge in [-0.05, 0) is 37.4 Å². The summed E-state index contributed by atoms with van der Waals surface area (Å²) < 4.78 is 7.29. The summed E-state index contributed by atoms with van der Waals surface area (Å²) in [4.78, 5) is 20.3. The minimum atomic E-state index is -0.0487. The van der Waals surface area contributed by atoms with Gasteiger partial charge in [-0.15, -0.1) is 0 Å². The topological polar surface area (TPSA) is 77.3 Å². The molecular formula is C21H26N4O2. The number of hydrogen-bond donors (Lipinski definition) is 1. The van der Waals surface area contributed by atoms with Crippen LogP contribution in [0.15, 0.2) is 51.9 Å². The summed E-state index contributed by atoms with van der Waals surface area (Å²) >= 11 is 0. The van der Waals surface area contributed by atoms with E-state index in [1.54, 1.807) is 6.07 Å². The molecule has 1 saturated heterocycles. The van der Waals surface area contributed by atoms with Crippen molar-refractivity contribution in [3.63, 3.8) is 0 Å². The van der Waals surface area contributed by atoms with Gasteiger partial charge in [-0.25, -0.2) is 0 Å². The van der Waals surface area contributed by atoms with E-state index in [9.17, 15) is 4.79 Å². The van der Waals surface area contributed by atoms with Gasteiger partial charge in [0, 0.05) is 12.6 Å². The molecule has 142 valence electrons. The molecule has 3 heterocycles. The summed E-state index contributed by atoms with van der Waals surface area (Å²) in [6, 6.07) is 12.0. The third-order valence-corrected chi connectivity index (χ3v) is 5.41. The third kappa shape index (κ3) is 3.55. The fraction of sp³-hybridized carbons (Fsp3) is 0.429. The molecule has 2 aromatic heterocycles. The molecule has 3 aromatic rings. The molecule has 0 saturated carbocycles. The van der Waals surface area contributed by atoms with Crippen LogP contribution in [0.25, 0.3) is 11.1 Å². The van der Waals surface area contributed by atoms with E-state index in [4.69, 9.17) is 15.1 Å². The standard InChI is InChI=1S/C21H26N4O2/c1-2-18(24-11-6-9-16(22)14-24)19-23-20-17(10-12-27-20)21(26)25(19)13-15-7-4-3-5-8-15/h3-5,7-8,10,12,16,18H,2,6,9,11,13-14,22H2,1H3. The molecule has 0 bridgehead atoms. The van der Waals surface area contributed by atoms with E-state index in [0.29, 0.717) is 17.6 Å². The Bertz CT molecular complexity index is 963. The summed E-state index contributed by atoms with van der Waals surface area (Å²) in [6.07, 6.45) is 4.52. The second kappa shape index (κ2) is 7.66. The Morgan fingerprint density at radius 3 is 2.85 bits per heavy atom. The van der Waals surface area contributed by atoms with Crippen molar-refractivity contribution in [3.8, 4) is 0 Å². The molecule has 4 rings (SSSR count). The van der Waals surface area contributed by atoms with E-state index in [1.165, 1.54) is 6.26 Å². The number of piperidine rings is 1. The average Bonchev–Trinajstić information content (AvgIpc) is 3.15. The number of furan rings is 1. The van der Waals surface area contributed by atoms with Crippen molar-refractivity contribution in [2.75, 3.05) is 13.1 Å². The van der Waals surface area contributed by atoms with Crippen LogP contribution in [-0.4, -0.2) is 33.6 Å². The lowest BCUT2D eigenvalue weighted by Gasteiger charge is -2.37. The second-order valence-corrected chi connectivity index (χ2v) is 7.31. The molecule has 27 heavy (non-hydrogen) atoms. The van der Waals surface area contributed by atoms with E-state index < -0.39 is 0 Å². The first kappa shape index (κ1) is 17.9. The predicted octanol–water partition coefficient (Wildman–Crippen LogP) is 2.91. The van der Waals surface area contributed by atoms with E-state index in [-0.39, 0.29) is 17.6 Å². The Hall–Kier alpha value is -2.44. The van der Waals surface area contributed by atoms with Crippen molar-refractivity contribution in [1.82, 2.24) is 14.5 Å². The largest absolute Gasteiger partial charge is 0.446 e. The fourth-order valence-corrected chi connectivity index (χ4v) is 4.07. The lowest BCUT2D eigenvalue weighted by atomic mass is 10.0. The summed E-state index contributed by atoms with van der Waals surface area (Å²) in [6.45, 7) is 4.44. The molecule has 0 radical (unpaired) electrons. The summed E-state index contributed by atoms with van der Waals surface area (Å²) in [5.41, 5.74) is 7.66. The number of rotatable bonds is 5. The molecule has 6 nitrogen and oxygen atoms in total. The van der Waals surface area contributed by atoms with Gasteiger partial charge in [0.2, 0.25) is 5.71 Å². The zero-order chi connectivity index (χ0) is 18.8. The van der Waals surface area contributed by atoms with Gasteiger partial charge in [0.25, 0.3) is 5.56 Å². The van der Waals surface area contributed by atoms with Gasteiger partial charge in [-0.2, -0.15) is 4.98 Å². The van der Waals surface area contributed by atoms with Crippen LogP contribution in [0, 0.1) is 0 Å². The first-order valence-corrected chi connectivity index (χ1v) is 9.69. The van der Waals surface area contributed by atoms with Crippen LogP contribution < -0.4 is 11.3 Å². The quantitative estimate of drug-likeness (QED) is 0.751. The van der Waals surface area contributed by atoms with Gasteiger partial charge in [-0.1, -0.05) is 37.3 Å². The number of nitrogens with two attached hydrogens (primary N) is 1. The number of hydrogen-bond acceptors (Lipinski definition) is 5. The fourth-order valence-electron chi connectivity index (χ4n) is 4.07. The third-order valence-electron chi connectivity index (χ3n) is 5.41. The zero-order valence-electron chi connectivity index (χ0n) is 15.7. The van der Waals surface area contributed by atoms with Crippen LogP contribution >= 0.6 is 0 Å². The highest BCUT2D eigenvalue weighted by molar-refractivity contribution is 5.71. The summed E-state index contributed by atoms with van der Waals surface area (Å²) in [5, 5.41) is 0.528. The van der Waals surface area contributed by atoms with Crippen LogP contribution in [0.1, 0.15) is 43.6 Å². The van der Waals surface area contributed by atoms with Crippen LogP contribution in [0.2, 0.25) is 0 Å². The highest BCUT2D eigenvalue weighted by Gasteiger charge is 2.28. The maximum Gasteiger partial charge on any atom is 0.265 e. The molecule has 1 aliphatic heterocycles. The Morgan fingerprint density at radius 1 is 1.30 bits per heavy atom. The van der Waals surface area contributed by atoms with Gasteiger partial charge in [0.05, 0.1) is 18.8 Å². The van der Waals surface area contributed by atoms with Gasteiger partial charge in [0.1, 0.15) is 11.2 Å². The van der Waals surface area contributed by atoms with E-state index in [1.807, 2.05) is 34.9 Å². The molecule has 1 fully saturated rings. The van der Waals surface area contributed by atoms with Gasteiger partial charge < -0.3 is 10.2 Å². The van der Waals surface area contributed by atoms with Gasteiger partial charge in [0.15, 0.2) is 0 Å². The number of nitrogens with zero attached hydrogens (tertiary/aromatic N) is 3. The van der Waals surface area contributed by atoms with Crippen LogP contribution in [-0.2, 0) is 6.54 Å². The highest BCUT2D eigenvalue weighted by Crippen LogP contribution is 2.27. The molecular weight excluding hydrogens is 340 g/mol. The van der Waals surface area contributed by atoms with Crippen molar-refractivity contribution in [2.45, 2.75) is 44.8 Å². The predicted molar refractivity (Wildman–Crippen MR) is 106 cm³/mol. The zero-order valence-corrected chi connectivity index (χ0v) is 15.7. The molecule has 0 aliphatic carbocycles. The monoisotopic (exact) mass is 366 g/mol. The number of fused-ring (bicyclic) bond motifs is 1. The van der Waals surface area contributed by atoms with Crippen LogP contribution in [0.4, 0.5) is 0 Å². The normalized spacial score (nSPS) is 19.4. The number of benzene rings is 1. The minimum absolute atomic E-state index is 0.0438. The van der Waals surface area contributed by atoms with Crippen LogP contribution in [0.5, 0.6) is 0 Å². The maximum absolute atomic E-state index is 13.2. The average molecular weight is 366 g/mol. The Kier molecular flexibility index (Phi) is 5.09. The Labute approximate surface area is 158 Å². The van der Waals surface area contributed by atoms with Crippen molar-refractivity contribution in [3.05, 3.63) is 64.4 Å². The molecule has 2 atom stereocenters. The molecule has 0 amide bonds. The minimum Gasteiger partial charge on any atom is -0.446 e. The Balaban J connectivity index is 1.82. The van der Waals surface area contributed by atoms with E-state index in [0.717, 1.165) is 43.7 Å². The van der Waals surface area contributed by atoms with Crippen molar-refractivity contribution in [1.29, 1.82) is 0 Å². The maximum atomic E-state index is 13.2. The smallest absolute Gasteiger partial charge is 0.265 e. The van der Waals surface area contributed by atoms with Crippen molar-refractivity contribution < 1.29 is 4.42 Å². The summed E-state index contributed by atoms with van der Waals surface area (Å²) in [5.74, 6) is 0.767. The SMILES string of the molecule is CCC(c1nc2occc2c(=O)n1Cc1ccccc1)N1CCCC(N)C1. The Morgan fingerprint density at radius 2 is 2.11 bits per heavy atom. The number of aromatic nitrogens is 2. The van der Waals surface area contributed by atoms with Crippen LogP contribution in [0.3, 0.4) is 0 Å². The first-order valence-electron chi connectivity index (χ1n) is 9.69.